The van der Waals surface area contributed by atoms with Crippen molar-refractivity contribution < 1.29 is 26.7 Å². The predicted molar refractivity (Wildman–Crippen MR) is 599 cm³/mol. The van der Waals surface area contributed by atoms with Crippen LogP contribution >= 0.6 is 194 Å². The molecule has 8 heterocycles. The maximum Gasteiger partial charge on any atom is 0.397 e. The molecule has 1 amide bonds. The number of carbonyl (C=O) groups is 2. The standard InChI is InChI=1S/C16H15Br2N3S.C16H16BrN3S.C16H17N3S.C16H17NOS2.C10H13NS.C9H11NS.C9H9N.C6H5ClOS.CH4O4S.Br2.H2S/c1-8-6-5-7-9(2)11(8)15-19-16(21(4)20-15)13-10(3)12(17)14(18)22-13;1-9-6-5-7-10(2)13(9)15-18-16(20(4)19-15)14-11(3)12(17)8-21-14;1-10-6-5-7-11(2)13(10)15-17-16(19(4)18-15)14-12(3)8-9-20-14;1-10-6-5-7-11(2)13(10)16(19-4)17-15(18)14-12(3)8-9-20-14;1-7-5-4-6-8(2)9(7)10(11)12-3;1-6-4-3-5-7(2)8(6)9(10)11;1-7-4-3-5-8(2)9(7)6-10;1-4-2-3-9-5(4)6(7)8;1-5-6(2,3)4;1-2;/h5-7H,1-4H3;5-8H,1-4H3;2*5-9H,1-4H3;4-6,11H,1-3H3;3-5H,1-2H3,(H2,10,11);3-5H,1-2H3;2-3H,1H3;1H3,(H,2,3,4);;1H2. The highest BCUT2D eigenvalue weighted by atomic mass is 80.9. The van der Waals surface area contributed by atoms with Crippen LogP contribution in [0.5, 0.6) is 0 Å². The molecule has 7 aromatic carbocycles. The van der Waals surface area contributed by atoms with E-state index in [0.29, 0.717) is 14.9 Å². The second-order valence-corrected chi connectivity index (χ2v) is 41.5. The number of nitriles is 1. The molecule has 0 saturated carbocycles. The van der Waals surface area contributed by atoms with Gasteiger partial charge in [0.1, 0.15) is 10.0 Å². The lowest BCUT2D eigenvalue weighted by molar-refractivity contribution is 0.101. The van der Waals surface area contributed by atoms with Crippen molar-refractivity contribution in [1.82, 2.24) is 44.3 Å². The van der Waals surface area contributed by atoms with Gasteiger partial charge in [-0.05, 0) is 343 Å². The van der Waals surface area contributed by atoms with Crippen molar-refractivity contribution in [3.05, 3.63) is 318 Å². The van der Waals surface area contributed by atoms with Crippen molar-refractivity contribution in [2.75, 3.05) is 19.6 Å². The highest BCUT2D eigenvalue weighted by Gasteiger charge is 2.24. The molecule has 0 atom stereocenters. The number of aromatic nitrogens is 9. The smallest absolute Gasteiger partial charge is 0.389 e. The Morgan fingerprint density at radius 2 is 0.821 bits per heavy atom. The summed E-state index contributed by atoms with van der Waals surface area (Å²) in [4.78, 5) is 46.9. The number of benzene rings is 7. The number of carbonyl (C=O) groups excluding carboxylic acids is 2. The minimum Gasteiger partial charge on any atom is -0.389 e. The molecule has 0 aliphatic heterocycles. The lowest BCUT2D eigenvalue weighted by atomic mass is 10.0. The molecular weight excluding hydrogens is 2220 g/mol. The number of thiophene rings is 5. The summed E-state index contributed by atoms with van der Waals surface area (Å²) in [7, 11) is 2.56. The van der Waals surface area contributed by atoms with Crippen molar-refractivity contribution in [2.24, 2.45) is 31.9 Å². The van der Waals surface area contributed by atoms with Crippen molar-refractivity contribution in [2.45, 2.75) is 132 Å². The SMILES string of the molecule is BrBr.COS(=O)(=O)O.CSC(=N)c1c(C)cccc1C.CSC(=NC(=O)c1sccc1C)c1c(C)cccc1C.Cc1cccc(C)c1-c1nc(-c2sc(Br)c(Br)c2C)n(C)n1.Cc1cccc(C)c1-c1nc(-c2scc(Br)c2C)n(C)n1.Cc1cccc(C)c1C#N.Cc1cccc(C)c1C(N)=S.Cc1ccsc1-c1nc(-c2c(C)cccc2C)nn1C.Cc1ccsc1C(=O)Cl.S. The summed E-state index contributed by atoms with van der Waals surface area (Å²) < 4.78 is 38.6. The third kappa shape index (κ3) is 32.1. The summed E-state index contributed by atoms with van der Waals surface area (Å²) in [6, 6.07) is 51.1. The Balaban J connectivity index is 0.000000272. The summed E-state index contributed by atoms with van der Waals surface area (Å²) in [6.45, 7) is 38.9. The summed E-state index contributed by atoms with van der Waals surface area (Å²) in [5.74, 6) is 5.00. The number of rotatable bonds is 12. The number of thiocarbonyl (C=S) groups is 1. The Hall–Kier alpha value is -7.87. The van der Waals surface area contributed by atoms with E-state index in [1.165, 1.54) is 112 Å². The monoisotopic (exact) mass is 2330 g/mol. The van der Waals surface area contributed by atoms with Gasteiger partial charge in [0.05, 0.1) is 52.0 Å². The van der Waals surface area contributed by atoms with Crippen molar-refractivity contribution in [1.29, 1.82) is 10.7 Å². The largest absolute Gasteiger partial charge is 0.397 e. The van der Waals surface area contributed by atoms with Gasteiger partial charge in [-0.3, -0.25) is 23.7 Å². The molecule has 0 bridgehead atoms. The van der Waals surface area contributed by atoms with Crippen LogP contribution < -0.4 is 5.73 Å². The number of halogens is 6. The molecule has 0 saturated heterocycles. The van der Waals surface area contributed by atoms with Gasteiger partial charge in [-0.25, -0.2) is 34.0 Å². The fraction of sp³-hybridized carbons (Fsp3) is 0.253. The average molecular weight is 2330 g/mol. The summed E-state index contributed by atoms with van der Waals surface area (Å²) >= 11 is 37.3. The number of aryl methyl sites for hydroxylation is 20. The number of thioether (sulfide) groups is 2. The first-order valence-corrected chi connectivity index (χ1v) is 55.7. The molecule has 19 nitrogen and oxygen atoms in total. The van der Waals surface area contributed by atoms with Crippen LogP contribution in [-0.2, 0) is 35.7 Å². The molecule has 134 heavy (non-hydrogen) atoms. The first-order valence-electron chi connectivity index (χ1n) is 40.7. The summed E-state index contributed by atoms with van der Waals surface area (Å²) in [5, 5.41) is 39.3. The van der Waals surface area contributed by atoms with Crippen LogP contribution in [0.1, 0.15) is 147 Å². The van der Waals surface area contributed by atoms with Gasteiger partial charge in [-0.15, -0.1) is 80.2 Å². The minimum absolute atomic E-state index is 0. The second-order valence-electron chi connectivity index (χ2n) is 30.3. The normalized spacial score (nSPS) is 10.5. The van der Waals surface area contributed by atoms with E-state index >= 15 is 0 Å². The van der Waals surface area contributed by atoms with Crippen LogP contribution in [0.15, 0.2) is 185 Å². The third-order valence-electron chi connectivity index (χ3n) is 20.5. The van der Waals surface area contributed by atoms with E-state index in [4.69, 9.17) is 59.7 Å². The van der Waals surface area contributed by atoms with Gasteiger partial charge in [0.25, 0.3) is 11.1 Å². The summed E-state index contributed by atoms with van der Waals surface area (Å²) in [6.07, 6.45) is 3.90. The maximum atomic E-state index is 12.3. The van der Waals surface area contributed by atoms with Gasteiger partial charge in [0, 0.05) is 97.1 Å². The van der Waals surface area contributed by atoms with Crippen molar-refractivity contribution in [3.63, 3.8) is 0 Å². The lowest BCUT2D eigenvalue weighted by Gasteiger charge is -2.10. The van der Waals surface area contributed by atoms with Crippen LogP contribution in [0, 0.1) is 148 Å². The molecule has 0 unspecified atom stereocenters. The van der Waals surface area contributed by atoms with Crippen LogP contribution in [0.3, 0.4) is 0 Å². The molecule has 0 radical (unpaired) electrons. The van der Waals surface area contributed by atoms with Gasteiger partial charge in [-0.2, -0.15) is 42.5 Å². The number of hydrogen-bond donors (Lipinski definition) is 3. The zero-order chi connectivity index (χ0) is 99.3. The number of hydrogen-bond acceptors (Lipinski definition) is 21. The van der Waals surface area contributed by atoms with Gasteiger partial charge in [0.2, 0.25) is 0 Å². The first kappa shape index (κ1) is 117. The fourth-order valence-electron chi connectivity index (χ4n) is 13.6. The zero-order valence-electron chi connectivity index (χ0n) is 79.1. The van der Waals surface area contributed by atoms with Crippen molar-refractivity contribution >= 4 is 230 Å². The number of nitrogens with zero attached hydrogens (tertiary/aromatic N) is 11. The van der Waals surface area contributed by atoms with E-state index in [1.807, 2.05) is 187 Å². The van der Waals surface area contributed by atoms with Gasteiger partial charge >= 0.3 is 10.4 Å². The first-order chi connectivity index (χ1) is 62.8. The molecule has 0 spiro atoms. The Morgan fingerprint density at radius 1 is 0.493 bits per heavy atom. The highest BCUT2D eigenvalue weighted by molar-refractivity contribution is 9.93. The van der Waals surface area contributed by atoms with Crippen LogP contribution in [0.2, 0.25) is 0 Å². The third-order valence-corrected chi connectivity index (χ3v) is 31.7. The number of nitrogens with two attached hydrogens (primary N) is 1. The molecule has 0 aliphatic carbocycles. The van der Waals surface area contributed by atoms with Gasteiger partial charge < -0.3 is 5.73 Å². The van der Waals surface area contributed by atoms with Crippen LogP contribution in [-0.4, -0.2) is 103 Å². The Morgan fingerprint density at radius 3 is 1.09 bits per heavy atom. The maximum absolute atomic E-state index is 12.3. The van der Waals surface area contributed by atoms with E-state index in [9.17, 15) is 18.0 Å². The van der Waals surface area contributed by atoms with E-state index < -0.39 is 10.4 Å². The Bertz CT molecular complexity index is 6660. The Kier molecular flexibility index (Phi) is 48.4. The molecule has 8 aromatic heterocycles. The number of nitrogens with one attached hydrogen (secondary N) is 1. The van der Waals surface area contributed by atoms with Crippen LogP contribution in [0.4, 0.5) is 0 Å². The number of aliphatic imine (C=N–C) groups is 1. The molecule has 0 fully saturated rings. The Labute approximate surface area is 875 Å². The van der Waals surface area contributed by atoms with Crippen LogP contribution in [0.25, 0.3) is 66.3 Å². The zero-order valence-corrected chi connectivity index (χ0v) is 96.1. The van der Waals surface area contributed by atoms with E-state index in [2.05, 4.69) is 266 Å². The minimum atomic E-state index is -4.16. The molecule has 4 N–H and O–H groups in total. The summed E-state index contributed by atoms with van der Waals surface area (Å²) in [5.41, 5.74) is 34.8. The van der Waals surface area contributed by atoms with E-state index in [0.717, 1.165) is 158 Å². The van der Waals surface area contributed by atoms with E-state index in [1.54, 1.807) is 34.0 Å². The van der Waals surface area contributed by atoms with Gasteiger partial charge in [-0.1, -0.05) is 140 Å². The molecule has 15 rings (SSSR count). The lowest BCUT2D eigenvalue weighted by Crippen LogP contribution is -2.12. The predicted octanol–water partition coefficient (Wildman–Crippen LogP) is 30.1. The van der Waals surface area contributed by atoms with E-state index in [-0.39, 0.29) is 24.6 Å². The highest BCUT2D eigenvalue weighted by Crippen LogP contribution is 2.43. The topological polar surface area (TPSA) is 276 Å². The molecule has 15 aromatic rings. The fourth-order valence-corrected chi connectivity index (χ4v) is 21.8. The average Bonchev–Trinajstić information content (AvgIpc) is 1.54. The molecule has 35 heteroatoms. The van der Waals surface area contributed by atoms with Crippen molar-refractivity contribution in [3.8, 4) is 72.3 Å². The molecular formula is C99H109Br5ClN13O6S10. The second kappa shape index (κ2) is 55.7. The van der Waals surface area contributed by atoms with Gasteiger partial charge in [0.15, 0.2) is 34.9 Å². The molecule has 708 valence electrons. The quantitative estimate of drug-likeness (QED) is 0.0337. The molecule has 0 aliphatic rings. The number of amides is 1.